The Hall–Kier alpha value is -1.45. The molecule has 0 saturated heterocycles. The molecule has 0 aliphatic carbocycles. The molecule has 0 aromatic carbocycles. The van der Waals surface area contributed by atoms with Crippen LogP contribution >= 0.6 is 0 Å². The Labute approximate surface area is 112 Å². The topological polar surface area (TPSA) is 107 Å². The lowest BCUT2D eigenvalue weighted by atomic mass is 10.4. The van der Waals surface area contributed by atoms with Gasteiger partial charge in [-0.15, -0.1) is 0 Å². The molecule has 0 aliphatic rings. The Morgan fingerprint density at radius 2 is 2.00 bits per heavy atom. The zero-order chi connectivity index (χ0) is 14.6. The first kappa shape index (κ1) is 15.6. The number of rotatable bonds is 7. The van der Waals surface area contributed by atoms with E-state index in [1.54, 1.807) is 0 Å². The van der Waals surface area contributed by atoms with Gasteiger partial charge in [0.15, 0.2) is 5.03 Å². The minimum atomic E-state index is -3.85. The summed E-state index contributed by atoms with van der Waals surface area (Å²) in [6.07, 6.45) is 1.64. The van der Waals surface area contributed by atoms with E-state index < -0.39 is 16.0 Å². The molecule has 0 atom stereocenters. The van der Waals surface area contributed by atoms with E-state index in [2.05, 4.69) is 10.2 Å². The number of carboxylic acids is 1. The van der Waals surface area contributed by atoms with Crippen LogP contribution in [-0.2, 0) is 10.0 Å². The third-order valence-electron chi connectivity index (χ3n) is 2.58. The van der Waals surface area contributed by atoms with E-state index in [4.69, 9.17) is 5.11 Å². The molecule has 0 saturated carbocycles. The highest BCUT2D eigenvalue weighted by molar-refractivity contribution is 7.89. The number of nitrogens with zero attached hydrogens (tertiary/aromatic N) is 3. The van der Waals surface area contributed by atoms with Crippen molar-refractivity contribution in [3.63, 3.8) is 0 Å². The highest BCUT2D eigenvalue weighted by Crippen LogP contribution is 2.16. The number of nitrogens with one attached hydrogen (secondary N) is 1. The lowest BCUT2D eigenvalue weighted by molar-refractivity contribution is 0.0692. The molecule has 9 heteroatoms. The molecule has 1 aromatic rings. The van der Waals surface area contributed by atoms with Crippen molar-refractivity contribution < 1.29 is 18.3 Å². The number of sulfonamides is 1. The van der Waals surface area contributed by atoms with Crippen molar-refractivity contribution in [2.75, 3.05) is 34.2 Å². The third-order valence-corrected chi connectivity index (χ3v) is 4.41. The highest BCUT2D eigenvalue weighted by Gasteiger charge is 2.28. The number of carboxylic acid groups (broad SMARTS) is 1. The number of hydrogen-bond donors (Lipinski definition) is 2. The van der Waals surface area contributed by atoms with Gasteiger partial charge in [0.2, 0.25) is 0 Å². The molecule has 19 heavy (non-hydrogen) atoms. The van der Waals surface area contributed by atoms with Crippen molar-refractivity contribution in [2.24, 2.45) is 0 Å². The summed E-state index contributed by atoms with van der Waals surface area (Å²) in [4.78, 5) is 12.8. The van der Waals surface area contributed by atoms with Gasteiger partial charge in [-0.3, -0.25) is 5.10 Å². The number of carbonyl (C=O) groups is 1. The summed E-state index contributed by atoms with van der Waals surface area (Å²) in [5.41, 5.74) is -0.348. The molecule has 2 N–H and O–H groups in total. The molecule has 1 rings (SSSR count). The molecule has 108 valence electrons. The summed E-state index contributed by atoms with van der Waals surface area (Å²) in [5, 5.41) is 14.2. The first-order valence-electron chi connectivity index (χ1n) is 5.64. The lowest BCUT2D eigenvalue weighted by Crippen LogP contribution is -2.31. The maximum absolute atomic E-state index is 12.2. The van der Waals surface area contributed by atoms with Gasteiger partial charge in [0, 0.05) is 13.6 Å². The summed E-state index contributed by atoms with van der Waals surface area (Å²) in [6.45, 7) is 1.05. The normalized spacial score (nSPS) is 12.3. The van der Waals surface area contributed by atoms with E-state index in [9.17, 15) is 13.2 Å². The Morgan fingerprint density at radius 1 is 1.37 bits per heavy atom. The quantitative estimate of drug-likeness (QED) is 0.713. The van der Waals surface area contributed by atoms with E-state index >= 15 is 0 Å². The van der Waals surface area contributed by atoms with Crippen molar-refractivity contribution in [1.29, 1.82) is 0 Å². The van der Waals surface area contributed by atoms with Crippen LogP contribution in [0.5, 0.6) is 0 Å². The summed E-state index contributed by atoms with van der Waals surface area (Å²) >= 11 is 0. The fraction of sp³-hybridized carbons (Fsp3) is 0.600. The fourth-order valence-electron chi connectivity index (χ4n) is 1.51. The number of H-pyrrole nitrogens is 1. The molecule has 8 nitrogen and oxygen atoms in total. The fourth-order valence-corrected chi connectivity index (χ4v) is 2.78. The molecule has 0 aliphatic heterocycles. The monoisotopic (exact) mass is 290 g/mol. The Balaban J connectivity index is 2.85. The molecule has 0 radical (unpaired) electrons. The second-order valence-corrected chi connectivity index (χ2v) is 6.38. The van der Waals surface area contributed by atoms with Crippen LogP contribution in [0, 0.1) is 0 Å². The van der Waals surface area contributed by atoms with E-state index in [-0.39, 0.29) is 10.6 Å². The summed E-state index contributed by atoms with van der Waals surface area (Å²) in [6, 6.07) is 0. The molecule has 1 heterocycles. The van der Waals surface area contributed by atoms with Crippen LogP contribution in [0.1, 0.15) is 16.8 Å². The zero-order valence-electron chi connectivity index (χ0n) is 11.1. The van der Waals surface area contributed by atoms with Gasteiger partial charge >= 0.3 is 5.97 Å². The van der Waals surface area contributed by atoms with Crippen LogP contribution in [0.15, 0.2) is 11.2 Å². The third kappa shape index (κ3) is 3.75. The zero-order valence-corrected chi connectivity index (χ0v) is 11.9. The molecule has 1 aromatic heterocycles. The number of aromatic nitrogens is 2. The van der Waals surface area contributed by atoms with Gasteiger partial charge in [-0.05, 0) is 27.1 Å². The standard InChI is InChI=1S/C10H18N4O4S/c1-13(2)5-4-6-14(3)19(17,18)9-8(10(15)16)7-11-12-9/h7H,4-6H2,1-3H3,(H,11,12)(H,15,16). The SMILES string of the molecule is CN(C)CCCN(C)S(=O)(=O)c1[nH]ncc1C(=O)O. The largest absolute Gasteiger partial charge is 0.478 e. The predicted molar refractivity (Wildman–Crippen MR) is 68.5 cm³/mol. The van der Waals surface area contributed by atoms with E-state index in [0.717, 1.165) is 17.0 Å². The van der Waals surface area contributed by atoms with Crippen molar-refractivity contribution >= 4 is 16.0 Å². The number of hydrogen-bond acceptors (Lipinski definition) is 5. The second-order valence-electron chi connectivity index (χ2n) is 4.40. The van der Waals surface area contributed by atoms with Gasteiger partial charge in [0.05, 0.1) is 6.20 Å². The van der Waals surface area contributed by atoms with Crippen molar-refractivity contribution in [2.45, 2.75) is 11.4 Å². The minimum Gasteiger partial charge on any atom is -0.478 e. The Bertz CT molecular complexity index is 537. The second kappa shape index (κ2) is 6.13. The van der Waals surface area contributed by atoms with Crippen LogP contribution in [-0.4, -0.2) is 73.1 Å². The van der Waals surface area contributed by atoms with Gasteiger partial charge in [-0.1, -0.05) is 0 Å². The first-order chi connectivity index (χ1) is 8.76. The Morgan fingerprint density at radius 3 is 2.53 bits per heavy atom. The van der Waals surface area contributed by atoms with Gasteiger partial charge in [-0.2, -0.15) is 9.40 Å². The van der Waals surface area contributed by atoms with Gasteiger partial charge in [-0.25, -0.2) is 13.2 Å². The minimum absolute atomic E-state index is 0.304. The van der Waals surface area contributed by atoms with Crippen molar-refractivity contribution in [1.82, 2.24) is 19.4 Å². The summed E-state index contributed by atoms with van der Waals surface area (Å²) < 4.78 is 25.5. The molecule has 0 bridgehead atoms. The predicted octanol–water partition coefficient (Wildman–Crippen LogP) is -0.320. The van der Waals surface area contributed by atoms with Crippen molar-refractivity contribution in [3.05, 3.63) is 11.8 Å². The highest BCUT2D eigenvalue weighted by atomic mass is 32.2. The maximum atomic E-state index is 12.2. The van der Waals surface area contributed by atoms with Crippen LogP contribution in [0.25, 0.3) is 0 Å². The average molecular weight is 290 g/mol. The number of aromatic carboxylic acids is 1. The van der Waals surface area contributed by atoms with Gasteiger partial charge in [0.1, 0.15) is 5.56 Å². The van der Waals surface area contributed by atoms with Crippen LogP contribution in [0.2, 0.25) is 0 Å². The molecular formula is C10H18N4O4S. The average Bonchev–Trinajstić information content (AvgIpc) is 2.77. The van der Waals surface area contributed by atoms with Crippen molar-refractivity contribution in [3.8, 4) is 0 Å². The molecule has 0 fully saturated rings. The van der Waals surface area contributed by atoms with Crippen LogP contribution in [0.4, 0.5) is 0 Å². The van der Waals surface area contributed by atoms with Gasteiger partial charge < -0.3 is 10.0 Å². The molecule has 0 amide bonds. The Kier molecular flexibility index (Phi) is 5.04. The molecular weight excluding hydrogens is 272 g/mol. The number of aromatic amines is 1. The molecule has 0 spiro atoms. The molecule has 0 unspecified atom stereocenters. The smallest absolute Gasteiger partial charge is 0.340 e. The first-order valence-corrected chi connectivity index (χ1v) is 7.08. The summed E-state index contributed by atoms with van der Waals surface area (Å²) in [5.74, 6) is -1.32. The van der Waals surface area contributed by atoms with Crippen LogP contribution in [0.3, 0.4) is 0 Å². The maximum Gasteiger partial charge on any atom is 0.340 e. The van der Waals surface area contributed by atoms with E-state index in [1.807, 2.05) is 19.0 Å². The van der Waals surface area contributed by atoms with Gasteiger partial charge in [0.25, 0.3) is 10.0 Å². The van der Waals surface area contributed by atoms with E-state index in [0.29, 0.717) is 13.0 Å². The lowest BCUT2D eigenvalue weighted by Gasteiger charge is -2.17. The summed E-state index contributed by atoms with van der Waals surface area (Å²) in [7, 11) is 1.35. The van der Waals surface area contributed by atoms with Crippen LogP contribution < -0.4 is 0 Å². The van der Waals surface area contributed by atoms with E-state index in [1.165, 1.54) is 7.05 Å².